The lowest BCUT2D eigenvalue weighted by atomic mass is 10.2. The van der Waals surface area contributed by atoms with Gasteiger partial charge in [0.1, 0.15) is 12.4 Å². The van der Waals surface area contributed by atoms with Gasteiger partial charge in [0.05, 0.1) is 0 Å². The molecule has 1 aromatic carbocycles. The van der Waals surface area contributed by atoms with Crippen LogP contribution in [-0.2, 0) is 11.3 Å². The zero-order chi connectivity index (χ0) is 15.7. The van der Waals surface area contributed by atoms with E-state index in [1.165, 1.54) is 0 Å². The van der Waals surface area contributed by atoms with Crippen LogP contribution in [0.3, 0.4) is 0 Å². The maximum absolute atomic E-state index is 11.3. The van der Waals surface area contributed by atoms with Crippen molar-refractivity contribution in [2.24, 2.45) is 5.73 Å². The number of amides is 1. The molecule has 0 saturated heterocycles. The summed E-state index contributed by atoms with van der Waals surface area (Å²) in [4.78, 5) is 11.3. The second-order valence-corrected chi connectivity index (χ2v) is 7.22. The fourth-order valence-corrected chi connectivity index (χ4v) is 3.40. The summed E-state index contributed by atoms with van der Waals surface area (Å²) < 4.78 is 1.86. The van der Waals surface area contributed by atoms with Crippen molar-refractivity contribution in [3.8, 4) is 0 Å². The Kier molecular flexibility index (Phi) is 4.40. The average Bonchev–Trinajstić information content (AvgIpc) is 3.24. The predicted molar refractivity (Wildman–Crippen MR) is 86.9 cm³/mol. The third kappa shape index (κ3) is 3.44. The standard InChI is InChI=1S/C15H17ClN4OS/c1-9(10-4-6-12(16)7-5-10)22-15-19-18-14(11-2-3-11)20(15)8-13(17)21/h4-7,9,11H,2-3,8H2,1H3,(H2,17,21)/t9-/m1/s1. The lowest BCUT2D eigenvalue weighted by molar-refractivity contribution is -0.118. The third-order valence-corrected chi connectivity index (χ3v) is 5.01. The maximum atomic E-state index is 11.3. The highest BCUT2D eigenvalue weighted by molar-refractivity contribution is 7.99. The number of nitrogens with zero attached hydrogens (tertiary/aromatic N) is 3. The molecule has 1 aliphatic rings. The highest BCUT2D eigenvalue weighted by Crippen LogP contribution is 2.41. The van der Waals surface area contributed by atoms with Gasteiger partial charge in [0.25, 0.3) is 0 Å². The van der Waals surface area contributed by atoms with E-state index in [4.69, 9.17) is 17.3 Å². The van der Waals surface area contributed by atoms with Crippen LogP contribution >= 0.6 is 23.4 Å². The number of rotatable bonds is 6. The topological polar surface area (TPSA) is 73.8 Å². The molecule has 3 rings (SSSR count). The van der Waals surface area contributed by atoms with Crippen LogP contribution in [0.4, 0.5) is 0 Å². The fraction of sp³-hybridized carbons (Fsp3) is 0.400. The molecule has 116 valence electrons. The number of aromatic nitrogens is 3. The third-order valence-electron chi connectivity index (χ3n) is 3.62. The first-order chi connectivity index (χ1) is 10.5. The molecule has 5 nitrogen and oxygen atoms in total. The Hall–Kier alpha value is -1.53. The quantitative estimate of drug-likeness (QED) is 0.822. The molecule has 1 amide bonds. The van der Waals surface area contributed by atoms with E-state index < -0.39 is 0 Å². The van der Waals surface area contributed by atoms with Gasteiger partial charge in [0, 0.05) is 16.2 Å². The van der Waals surface area contributed by atoms with Crippen molar-refractivity contribution in [2.45, 2.75) is 42.6 Å². The number of carbonyl (C=O) groups is 1. The predicted octanol–water partition coefficient (Wildman–Crippen LogP) is 3.15. The van der Waals surface area contributed by atoms with E-state index in [9.17, 15) is 4.79 Å². The molecule has 2 aromatic rings. The van der Waals surface area contributed by atoms with Crippen LogP contribution < -0.4 is 5.73 Å². The van der Waals surface area contributed by atoms with Crippen molar-refractivity contribution in [3.63, 3.8) is 0 Å². The Balaban J connectivity index is 1.81. The molecule has 1 aromatic heterocycles. The summed E-state index contributed by atoms with van der Waals surface area (Å²) in [6, 6.07) is 7.74. The van der Waals surface area contributed by atoms with Crippen LogP contribution in [0, 0.1) is 0 Å². The van der Waals surface area contributed by atoms with Gasteiger partial charge < -0.3 is 5.73 Å². The van der Waals surface area contributed by atoms with E-state index in [0.29, 0.717) is 10.9 Å². The molecule has 0 unspecified atom stereocenters. The Morgan fingerprint density at radius 3 is 2.68 bits per heavy atom. The van der Waals surface area contributed by atoms with Crippen molar-refractivity contribution in [1.29, 1.82) is 0 Å². The first-order valence-electron chi connectivity index (χ1n) is 7.18. The van der Waals surface area contributed by atoms with Gasteiger partial charge in [0.15, 0.2) is 5.16 Å². The van der Waals surface area contributed by atoms with Gasteiger partial charge in [-0.2, -0.15) is 0 Å². The largest absolute Gasteiger partial charge is 0.368 e. The van der Waals surface area contributed by atoms with E-state index in [1.54, 1.807) is 11.8 Å². The molecule has 0 aliphatic heterocycles. The van der Waals surface area contributed by atoms with Gasteiger partial charge in [-0.3, -0.25) is 9.36 Å². The Labute approximate surface area is 138 Å². The molecule has 1 heterocycles. The minimum absolute atomic E-state index is 0.133. The van der Waals surface area contributed by atoms with Gasteiger partial charge in [-0.25, -0.2) is 0 Å². The lowest BCUT2D eigenvalue weighted by Gasteiger charge is -2.12. The van der Waals surface area contributed by atoms with Crippen LogP contribution in [0.15, 0.2) is 29.4 Å². The highest BCUT2D eigenvalue weighted by atomic mass is 35.5. The molecule has 2 N–H and O–H groups in total. The van der Waals surface area contributed by atoms with Gasteiger partial charge in [-0.05, 0) is 37.5 Å². The van der Waals surface area contributed by atoms with Crippen molar-refractivity contribution in [1.82, 2.24) is 14.8 Å². The Morgan fingerprint density at radius 1 is 1.41 bits per heavy atom. The summed E-state index contributed by atoms with van der Waals surface area (Å²) >= 11 is 7.50. The summed E-state index contributed by atoms with van der Waals surface area (Å²) in [6.07, 6.45) is 2.21. The van der Waals surface area contributed by atoms with Crippen LogP contribution in [0.25, 0.3) is 0 Å². The van der Waals surface area contributed by atoms with E-state index in [0.717, 1.165) is 29.4 Å². The summed E-state index contributed by atoms with van der Waals surface area (Å²) in [5, 5.41) is 10.1. The second kappa shape index (κ2) is 6.30. The minimum atomic E-state index is -0.373. The molecular weight excluding hydrogens is 320 g/mol. The van der Waals surface area contributed by atoms with Crippen molar-refractivity contribution in [2.75, 3.05) is 0 Å². The van der Waals surface area contributed by atoms with Crippen LogP contribution in [0.5, 0.6) is 0 Å². The number of hydrogen-bond acceptors (Lipinski definition) is 4. The number of primary amides is 1. The maximum Gasteiger partial charge on any atom is 0.237 e. The Morgan fingerprint density at radius 2 is 2.09 bits per heavy atom. The normalized spacial score (nSPS) is 15.7. The molecule has 1 aliphatic carbocycles. The monoisotopic (exact) mass is 336 g/mol. The molecule has 1 saturated carbocycles. The molecule has 0 spiro atoms. The summed E-state index contributed by atoms with van der Waals surface area (Å²) in [5.41, 5.74) is 6.51. The first-order valence-corrected chi connectivity index (χ1v) is 8.44. The number of carbonyl (C=O) groups excluding carboxylic acids is 1. The zero-order valence-corrected chi connectivity index (χ0v) is 13.8. The average molecular weight is 337 g/mol. The minimum Gasteiger partial charge on any atom is -0.368 e. The van der Waals surface area contributed by atoms with Crippen LogP contribution in [0.1, 0.15) is 42.3 Å². The molecule has 1 fully saturated rings. The number of halogens is 1. The lowest BCUT2D eigenvalue weighted by Crippen LogP contribution is -2.20. The zero-order valence-electron chi connectivity index (χ0n) is 12.2. The van der Waals surface area contributed by atoms with Crippen molar-refractivity contribution in [3.05, 3.63) is 40.7 Å². The number of hydrogen-bond donors (Lipinski definition) is 1. The smallest absolute Gasteiger partial charge is 0.237 e. The van der Waals surface area contributed by atoms with Gasteiger partial charge >= 0.3 is 0 Å². The molecule has 0 radical (unpaired) electrons. The molecule has 7 heteroatoms. The van der Waals surface area contributed by atoms with E-state index in [1.807, 2.05) is 28.8 Å². The molecule has 22 heavy (non-hydrogen) atoms. The summed E-state index contributed by atoms with van der Waals surface area (Å²) in [6.45, 7) is 2.22. The SMILES string of the molecule is C[C@@H](Sc1nnc(C2CC2)n1CC(N)=O)c1ccc(Cl)cc1. The molecular formula is C15H17ClN4OS. The molecule has 1 atom stereocenters. The number of benzene rings is 1. The first kappa shape index (κ1) is 15.4. The Bertz CT molecular complexity index is 681. The van der Waals surface area contributed by atoms with E-state index >= 15 is 0 Å². The fourth-order valence-electron chi connectivity index (χ4n) is 2.30. The number of nitrogens with two attached hydrogens (primary N) is 1. The van der Waals surface area contributed by atoms with Crippen molar-refractivity contribution >= 4 is 29.3 Å². The molecule has 0 bridgehead atoms. The number of thioether (sulfide) groups is 1. The van der Waals surface area contributed by atoms with E-state index in [-0.39, 0.29) is 17.7 Å². The van der Waals surface area contributed by atoms with Crippen molar-refractivity contribution < 1.29 is 4.79 Å². The van der Waals surface area contributed by atoms with Gasteiger partial charge in [-0.1, -0.05) is 35.5 Å². The second-order valence-electron chi connectivity index (χ2n) is 5.48. The van der Waals surface area contributed by atoms with Crippen LogP contribution in [-0.4, -0.2) is 20.7 Å². The summed E-state index contributed by atoms with van der Waals surface area (Å²) in [7, 11) is 0. The van der Waals surface area contributed by atoms with Crippen LogP contribution in [0.2, 0.25) is 5.02 Å². The van der Waals surface area contributed by atoms with E-state index in [2.05, 4.69) is 17.1 Å². The van der Waals surface area contributed by atoms with Gasteiger partial charge in [0.2, 0.25) is 5.91 Å². The summed E-state index contributed by atoms with van der Waals surface area (Å²) in [5.74, 6) is 0.930. The van der Waals surface area contributed by atoms with Gasteiger partial charge in [-0.15, -0.1) is 10.2 Å². The highest BCUT2D eigenvalue weighted by Gasteiger charge is 2.31.